The molecule has 1 heterocycles. The van der Waals surface area contributed by atoms with Crippen LogP contribution < -0.4 is 20.1 Å². The van der Waals surface area contributed by atoms with Gasteiger partial charge in [-0.2, -0.15) is 13.2 Å². The number of amides is 2. The zero-order chi connectivity index (χ0) is 34.5. The highest BCUT2D eigenvalue weighted by molar-refractivity contribution is 5.95. The van der Waals surface area contributed by atoms with Gasteiger partial charge in [-0.05, 0) is 94.8 Å². The van der Waals surface area contributed by atoms with E-state index in [0.29, 0.717) is 0 Å². The van der Waals surface area contributed by atoms with Gasteiger partial charge in [-0.15, -0.1) is 0 Å². The average molecular weight is 652 g/mol. The van der Waals surface area contributed by atoms with Crippen molar-refractivity contribution < 1.29 is 51.6 Å². The largest absolute Gasteiger partial charge is 0.493 e. The fourth-order valence-electron chi connectivity index (χ4n) is 4.23. The van der Waals surface area contributed by atoms with Crippen LogP contribution in [-0.4, -0.2) is 65.8 Å². The number of nitrogens with zero attached hydrogens (tertiary/aromatic N) is 1. The summed E-state index contributed by atoms with van der Waals surface area (Å²) in [5.41, 5.74) is -6.68. The molecule has 250 valence electrons. The Bertz CT molecular complexity index is 1540. The second-order valence-corrected chi connectivity index (χ2v) is 11.9. The van der Waals surface area contributed by atoms with Gasteiger partial charge in [0.2, 0.25) is 5.60 Å². The predicted molar refractivity (Wildman–Crippen MR) is 160 cm³/mol. The van der Waals surface area contributed by atoms with Gasteiger partial charge in [0.05, 0.1) is 37.2 Å². The Hall–Kier alpha value is -4.43. The summed E-state index contributed by atoms with van der Waals surface area (Å²) in [5.74, 6) is -1.29. The van der Waals surface area contributed by atoms with Crippen molar-refractivity contribution in [2.75, 3.05) is 26.9 Å². The highest BCUT2D eigenvalue weighted by atomic mass is 19.4. The van der Waals surface area contributed by atoms with Crippen molar-refractivity contribution >= 4 is 12.0 Å². The number of ether oxygens (including phenoxy) is 3. The minimum Gasteiger partial charge on any atom is -0.493 e. The number of aromatic nitrogens is 1. The first-order valence-electron chi connectivity index (χ1n) is 14.1. The summed E-state index contributed by atoms with van der Waals surface area (Å²) >= 11 is 0. The van der Waals surface area contributed by atoms with Gasteiger partial charge in [0, 0.05) is 11.1 Å². The number of hydrogen-bond donors (Lipinski definition) is 4. The van der Waals surface area contributed by atoms with Crippen LogP contribution in [0.25, 0.3) is 11.3 Å². The molecule has 14 heteroatoms. The normalized spacial score (nSPS) is 13.4. The van der Waals surface area contributed by atoms with Crippen LogP contribution in [0.15, 0.2) is 54.6 Å². The maximum atomic E-state index is 14.7. The van der Waals surface area contributed by atoms with Crippen molar-refractivity contribution in [1.29, 1.82) is 0 Å². The highest BCUT2D eigenvalue weighted by Gasteiger charge is 2.56. The number of benzene rings is 2. The van der Waals surface area contributed by atoms with Gasteiger partial charge in [-0.25, -0.2) is 14.2 Å². The summed E-state index contributed by atoms with van der Waals surface area (Å²) in [5, 5.41) is 25.0. The first kappa shape index (κ1) is 36.0. The van der Waals surface area contributed by atoms with Crippen LogP contribution in [0, 0.1) is 5.82 Å². The third-order valence-corrected chi connectivity index (χ3v) is 6.67. The quantitative estimate of drug-likeness (QED) is 0.208. The first-order valence-corrected chi connectivity index (χ1v) is 14.1. The van der Waals surface area contributed by atoms with E-state index in [1.54, 1.807) is 20.8 Å². The Morgan fingerprint density at radius 3 is 2.15 bits per heavy atom. The third-order valence-electron chi connectivity index (χ3n) is 6.67. The Kier molecular flexibility index (Phi) is 10.9. The number of carbonyl (C=O) groups excluding carboxylic acids is 2. The van der Waals surface area contributed by atoms with Crippen molar-refractivity contribution in [1.82, 2.24) is 15.6 Å². The number of pyridine rings is 1. The van der Waals surface area contributed by atoms with Crippen molar-refractivity contribution in [2.45, 2.75) is 57.5 Å². The summed E-state index contributed by atoms with van der Waals surface area (Å²) in [6.07, 6.45) is -6.20. The molecule has 3 aromatic rings. The lowest BCUT2D eigenvalue weighted by Crippen LogP contribution is -2.52. The summed E-state index contributed by atoms with van der Waals surface area (Å²) in [4.78, 5) is 29.7. The van der Waals surface area contributed by atoms with Crippen LogP contribution in [0.3, 0.4) is 0 Å². The molecular weight excluding hydrogens is 614 g/mol. The number of methoxy groups -OCH3 is 1. The van der Waals surface area contributed by atoms with Gasteiger partial charge < -0.3 is 35.1 Å². The SMILES string of the molecule is COc1cc(C(=O)NCC(O)(c2cc(C(C)(C)NC(=O)OC(C)(C)C)cc(-c3ccc(F)cc3)n2)C(F)(F)F)ccc1OCCO. The zero-order valence-corrected chi connectivity index (χ0v) is 26.2. The molecule has 10 nitrogen and oxygen atoms in total. The summed E-state index contributed by atoms with van der Waals surface area (Å²) in [6, 6.07) is 11.0. The second kappa shape index (κ2) is 13.9. The van der Waals surface area contributed by atoms with Gasteiger partial charge in [0.15, 0.2) is 11.5 Å². The number of aliphatic hydroxyl groups is 2. The van der Waals surface area contributed by atoms with E-state index in [0.717, 1.165) is 18.2 Å². The monoisotopic (exact) mass is 651 g/mol. The standard InChI is InChI=1S/C32H37F4N3O7/c1-29(2,3)46-28(42)39-30(4,5)21-16-23(19-7-10-22(33)11-8-19)38-26(17-21)31(43,32(34,35)36)18-37-27(41)20-9-12-24(45-14-13-40)25(15-20)44-6/h7-12,15-17,40,43H,13-14,18H2,1-6H3,(H,37,41)(H,39,42). The van der Waals surface area contributed by atoms with Gasteiger partial charge >= 0.3 is 12.3 Å². The molecule has 2 amide bonds. The van der Waals surface area contributed by atoms with E-state index in [2.05, 4.69) is 15.6 Å². The highest BCUT2D eigenvalue weighted by Crippen LogP contribution is 2.40. The van der Waals surface area contributed by atoms with E-state index in [4.69, 9.17) is 19.3 Å². The Labute approximate surface area is 263 Å². The van der Waals surface area contributed by atoms with Crippen molar-refractivity contribution in [2.24, 2.45) is 0 Å². The van der Waals surface area contributed by atoms with E-state index in [1.807, 2.05) is 0 Å². The predicted octanol–water partition coefficient (Wildman–Crippen LogP) is 5.21. The van der Waals surface area contributed by atoms with Crippen LogP contribution >= 0.6 is 0 Å². The van der Waals surface area contributed by atoms with Gasteiger partial charge in [-0.3, -0.25) is 4.79 Å². The molecule has 1 aromatic heterocycles. The van der Waals surface area contributed by atoms with Crippen LogP contribution in [0.5, 0.6) is 11.5 Å². The minimum atomic E-state index is -5.35. The maximum Gasteiger partial charge on any atom is 0.424 e. The smallest absolute Gasteiger partial charge is 0.424 e. The molecule has 3 rings (SSSR count). The van der Waals surface area contributed by atoms with Crippen LogP contribution in [0.2, 0.25) is 0 Å². The molecule has 0 aliphatic heterocycles. The van der Waals surface area contributed by atoms with Crippen molar-refractivity contribution in [3.05, 3.63) is 77.2 Å². The number of alkyl halides is 3. The van der Waals surface area contributed by atoms with E-state index in [-0.39, 0.29) is 47.1 Å². The minimum absolute atomic E-state index is 0.0589. The lowest BCUT2D eigenvalue weighted by atomic mass is 9.88. The van der Waals surface area contributed by atoms with Gasteiger partial charge in [0.25, 0.3) is 5.91 Å². The molecule has 2 aromatic carbocycles. The number of nitrogens with one attached hydrogen (secondary N) is 2. The fraction of sp³-hybridized carbons (Fsp3) is 0.406. The summed E-state index contributed by atoms with van der Waals surface area (Å²) in [7, 11) is 1.29. The number of alkyl carbamates (subject to hydrolysis) is 1. The Morgan fingerprint density at radius 1 is 0.935 bits per heavy atom. The molecule has 46 heavy (non-hydrogen) atoms. The van der Waals surface area contributed by atoms with E-state index in [9.17, 15) is 32.3 Å². The number of halogens is 4. The van der Waals surface area contributed by atoms with E-state index >= 15 is 0 Å². The Balaban J connectivity index is 2.06. The molecule has 0 saturated heterocycles. The molecule has 0 saturated carbocycles. The molecule has 0 radical (unpaired) electrons. The molecule has 0 aliphatic rings. The van der Waals surface area contributed by atoms with E-state index in [1.165, 1.54) is 57.4 Å². The molecular formula is C32H37F4N3O7. The number of rotatable bonds is 11. The van der Waals surface area contributed by atoms with Crippen molar-refractivity contribution in [3.63, 3.8) is 0 Å². The Morgan fingerprint density at radius 2 is 1.59 bits per heavy atom. The average Bonchev–Trinajstić information content (AvgIpc) is 2.96. The maximum absolute atomic E-state index is 14.7. The third kappa shape index (κ3) is 8.85. The zero-order valence-electron chi connectivity index (χ0n) is 26.2. The number of hydrogen-bond acceptors (Lipinski definition) is 8. The molecule has 0 bridgehead atoms. The lowest BCUT2D eigenvalue weighted by molar-refractivity contribution is -0.265. The fourth-order valence-corrected chi connectivity index (χ4v) is 4.23. The molecule has 0 aliphatic carbocycles. The summed E-state index contributed by atoms with van der Waals surface area (Å²) in [6.45, 7) is 6.27. The molecule has 1 unspecified atom stereocenters. The number of aliphatic hydroxyl groups excluding tert-OH is 1. The van der Waals surface area contributed by atoms with Crippen LogP contribution in [0.4, 0.5) is 22.4 Å². The molecule has 4 N–H and O–H groups in total. The summed E-state index contributed by atoms with van der Waals surface area (Å²) < 4.78 is 73.6. The van der Waals surface area contributed by atoms with Gasteiger partial charge in [-0.1, -0.05) is 0 Å². The lowest BCUT2D eigenvalue weighted by Gasteiger charge is -2.33. The molecule has 0 fully saturated rings. The number of carbonyl (C=O) groups is 2. The van der Waals surface area contributed by atoms with Crippen molar-refractivity contribution in [3.8, 4) is 22.8 Å². The topological polar surface area (TPSA) is 139 Å². The van der Waals surface area contributed by atoms with Crippen LogP contribution in [-0.2, 0) is 15.9 Å². The van der Waals surface area contributed by atoms with E-state index < -0.39 is 53.0 Å². The molecule has 1 atom stereocenters. The first-order chi connectivity index (χ1) is 21.3. The van der Waals surface area contributed by atoms with Gasteiger partial charge in [0.1, 0.15) is 18.0 Å². The van der Waals surface area contributed by atoms with Crippen LogP contribution in [0.1, 0.15) is 56.2 Å². The molecule has 0 spiro atoms. The second-order valence-electron chi connectivity index (χ2n) is 11.9.